The fourth-order valence-corrected chi connectivity index (χ4v) is 3.26. The van der Waals surface area contributed by atoms with Gasteiger partial charge in [-0.05, 0) is 12.3 Å². The Hall–Kier alpha value is -1.85. The molecule has 2 rings (SSSR count). The second kappa shape index (κ2) is 7.96. The SMILES string of the molecule is NC(=O)CC(CCCC1CCCCC1)c1nc(C(=O)O)co1. The summed E-state index contributed by atoms with van der Waals surface area (Å²) in [5.74, 6) is -0.691. The maximum Gasteiger partial charge on any atom is 0.357 e. The maximum atomic E-state index is 11.2. The zero-order valence-corrected chi connectivity index (χ0v) is 12.8. The topological polar surface area (TPSA) is 106 Å². The van der Waals surface area contributed by atoms with E-state index in [4.69, 9.17) is 15.3 Å². The molecular formula is C16H24N2O4. The predicted octanol–water partition coefficient (Wildman–Crippen LogP) is 3.08. The van der Waals surface area contributed by atoms with Gasteiger partial charge in [0.15, 0.2) is 11.6 Å². The van der Waals surface area contributed by atoms with E-state index in [0.29, 0.717) is 5.89 Å². The van der Waals surface area contributed by atoms with Crippen molar-refractivity contribution in [1.82, 2.24) is 4.98 Å². The van der Waals surface area contributed by atoms with Gasteiger partial charge in [-0.25, -0.2) is 9.78 Å². The molecule has 0 aliphatic heterocycles. The van der Waals surface area contributed by atoms with Crippen LogP contribution in [0.2, 0.25) is 0 Å². The monoisotopic (exact) mass is 308 g/mol. The lowest BCUT2D eigenvalue weighted by atomic mass is 9.84. The van der Waals surface area contributed by atoms with Gasteiger partial charge in [0.05, 0.1) is 0 Å². The molecule has 6 heteroatoms. The van der Waals surface area contributed by atoms with E-state index in [1.807, 2.05) is 0 Å². The van der Waals surface area contributed by atoms with E-state index in [1.165, 1.54) is 32.1 Å². The number of carboxylic acids is 1. The first kappa shape index (κ1) is 16.5. The van der Waals surface area contributed by atoms with Gasteiger partial charge in [-0.1, -0.05) is 44.9 Å². The smallest absolute Gasteiger partial charge is 0.357 e. The van der Waals surface area contributed by atoms with Crippen molar-refractivity contribution in [2.45, 2.75) is 63.7 Å². The van der Waals surface area contributed by atoms with Crippen LogP contribution in [0.25, 0.3) is 0 Å². The highest BCUT2D eigenvalue weighted by Gasteiger charge is 2.22. The van der Waals surface area contributed by atoms with E-state index < -0.39 is 11.9 Å². The van der Waals surface area contributed by atoms with E-state index in [2.05, 4.69) is 4.98 Å². The lowest BCUT2D eigenvalue weighted by molar-refractivity contribution is -0.118. The molecule has 1 fully saturated rings. The minimum absolute atomic E-state index is 0.128. The number of oxazole rings is 1. The third kappa shape index (κ3) is 4.86. The molecule has 1 amide bonds. The number of carbonyl (C=O) groups is 2. The fourth-order valence-electron chi connectivity index (χ4n) is 3.26. The minimum Gasteiger partial charge on any atom is -0.476 e. The van der Waals surface area contributed by atoms with E-state index >= 15 is 0 Å². The fraction of sp³-hybridized carbons (Fsp3) is 0.688. The van der Waals surface area contributed by atoms with Gasteiger partial charge in [0.25, 0.3) is 0 Å². The largest absolute Gasteiger partial charge is 0.476 e. The Morgan fingerprint density at radius 1 is 1.36 bits per heavy atom. The number of aromatic carboxylic acids is 1. The van der Waals surface area contributed by atoms with Crippen molar-refractivity contribution in [3.8, 4) is 0 Å². The molecule has 122 valence electrons. The zero-order valence-electron chi connectivity index (χ0n) is 12.8. The Morgan fingerprint density at radius 2 is 2.09 bits per heavy atom. The second-order valence-electron chi connectivity index (χ2n) is 6.18. The normalized spacial score (nSPS) is 17.3. The summed E-state index contributed by atoms with van der Waals surface area (Å²) in [5.41, 5.74) is 5.16. The van der Waals surface area contributed by atoms with Gasteiger partial charge in [-0.15, -0.1) is 0 Å². The minimum atomic E-state index is -1.13. The number of hydrogen-bond acceptors (Lipinski definition) is 4. The molecule has 0 aromatic carbocycles. The van der Waals surface area contributed by atoms with Crippen molar-refractivity contribution < 1.29 is 19.1 Å². The third-order valence-electron chi connectivity index (χ3n) is 4.43. The molecule has 1 saturated carbocycles. The summed E-state index contributed by atoms with van der Waals surface area (Å²) in [5, 5.41) is 8.89. The molecule has 1 aromatic heterocycles. The molecule has 1 atom stereocenters. The number of aromatic nitrogens is 1. The Bertz CT molecular complexity index is 506. The molecular weight excluding hydrogens is 284 g/mol. The Balaban J connectivity index is 1.90. The molecule has 1 aliphatic rings. The average molecular weight is 308 g/mol. The highest BCUT2D eigenvalue weighted by molar-refractivity contribution is 5.84. The number of carbonyl (C=O) groups excluding carboxylic acids is 1. The van der Waals surface area contributed by atoms with Crippen LogP contribution >= 0.6 is 0 Å². The molecule has 1 aliphatic carbocycles. The lowest BCUT2D eigenvalue weighted by Crippen LogP contribution is -2.16. The molecule has 1 heterocycles. The number of nitrogens with zero attached hydrogens (tertiary/aromatic N) is 1. The van der Waals surface area contributed by atoms with Crippen LogP contribution in [0.3, 0.4) is 0 Å². The number of carboxylic acid groups (broad SMARTS) is 1. The molecule has 0 bridgehead atoms. The number of nitrogens with two attached hydrogens (primary N) is 1. The summed E-state index contributed by atoms with van der Waals surface area (Å²) >= 11 is 0. The summed E-state index contributed by atoms with van der Waals surface area (Å²) in [6.45, 7) is 0. The van der Waals surface area contributed by atoms with Gasteiger partial charge in [0, 0.05) is 12.3 Å². The number of amides is 1. The highest BCUT2D eigenvalue weighted by atomic mass is 16.4. The van der Waals surface area contributed by atoms with Crippen LogP contribution in [0.1, 0.15) is 80.1 Å². The lowest BCUT2D eigenvalue weighted by Gasteiger charge is -2.22. The molecule has 22 heavy (non-hydrogen) atoms. The predicted molar refractivity (Wildman–Crippen MR) is 80.4 cm³/mol. The zero-order chi connectivity index (χ0) is 15.9. The van der Waals surface area contributed by atoms with Crippen molar-refractivity contribution in [2.75, 3.05) is 0 Å². The summed E-state index contributed by atoms with van der Waals surface area (Å²) in [6, 6.07) is 0. The van der Waals surface area contributed by atoms with Crippen molar-refractivity contribution in [2.24, 2.45) is 11.7 Å². The molecule has 0 spiro atoms. The molecule has 0 saturated heterocycles. The van der Waals surface area contributed by atoms with Crippen LogP contribution in [0.4, 0.5) is 0 Å². The van der Waals surface area contributed by atoms with Crippen molar-refractivity contribution in [3.05, 3.63) is 17.8 Å². The van der Waals surface area contributed by atoms with Crippen LogP contribution in [-0.2, 0) is 4.79 Å². The standard InChI is InChI=1S/C16H24N2O4/c17-14(19)9-12(15-18-13(10-22-15)16(20)21)8-4-7-11-5-2-1-3-6-11/h10-12H,1-9H2,(H2,17,19)(H,20,21). The van der Waals surface area contributed by atoms with Gasteiger partial charge >= 0.3 is 5.97 Å². The van der Waals surface area contributed by atoms with E-state index in [0.717, 1.165) is 31.4 Å². The molecule has 3 N–H and O–H groups in total. The van der Waals surface area contributed by atoms with Gasteiger partial charge < -0.3 is 15.3 Å². The summed E-state index contributed by atoms with van der Waals surface area (Å²) in [6.07, 6.45) is 10.7. The number of hydrogen-bond donors (Lipinski definition) is 2. The Morgan fingerprint density at radius 3 is 2.68 bits per heavy atom. The van der Waals surface area contributed by atoms with Crippen LogP contribution in [0.5, 0.6) is 0 Å². The number of primary amides is 1. The van der Waals surface area contributed by atoms with E-state index in [1.54, 1.807) is 0 Å². The van der Waals surface area contributed by atoms with Crippen LogP contribution in [-0.4, -0.2) is 22.0 Å². The summed E-state index contributed by atoms with van der Waals surface area (Å²) < 4.78 is 5.23. The van der Waals surface area contributed by atoms with Gasteiger partial charge in [0.2, 0.25) is 5.91 Å². The van der Waals surface area contributed by atoms with Crippen LogP contribution in [0, 0.1) is 5.92 Å². The first-order chi connectivity index (χ1) is 10.6. The van der Waals surface area contributed by atoms with E-state index in [9.17, 15) is 9.59 Å². The van der Waals surface area contributed by atoms with Gasteiger partial charge in [-0.2, -0.15) is 0 Å². The van der Waals surface area contributed by atoms with Gasteiger partial charge in [0.1, 0.15) is 6.26 Å². The second-order valence-corrected chi connectivity index (χ2v) is 6.18. The van der Waals surface area contributed by atoms with Crippen molar-refractivity contribution in [3.63, 3.8) is 0 Å². The van der Waals surface area contributed by atoms with Crippen molar-refractivity contribution in [1.29, 1.82) is 0 Å². The molecule has 1 unspecified atom stereocenters. The average Bonchev–Trinajstić information content (AvgIpc) is 2.97. The first-order valence-electron chi connectivity index (χ1n) is 8.03. The maximum absolute atomic E-state index is 11.2. The van der Waals surface area contributed by atoms with E-state index in [-0.39, 0.29) is 18.0 Å². The van der Waals surface area contributed by atoms with Crippen molar-refractivity contribution >= 4 is 11.9 Å². The molecule has 6 nitrogen and oxygen atoms in total. The quantitative estimate of drug-likeness (QED) is 0.767. The van der Waals surface area contributed by atoms with Crippen LogP contribution in [0.15, 0.2) is 10.7 Å². The molecule has 0 radical (unpaired) electrons. The first-order valence-corrected chi connectivity index (χ1v) is 8.03. The van der Waals surface area contributed by atoms with Crippen LogP contribution < -0.4 is 5.73 Å². The molecule has 1 aromatic rings. The summed E-state index contributed by atoms with van der Waals surface area (Å²) in [7, 11) is 0. The third-order valence-corrected chi connectivity index (χ3v) is 4.43. The van der Waals surface area contributed by atoms with Gasteiger partial charge in [-0.3, -0.25) is 4.79 Å². The Kier molecular flexibility index (Phi) is 5.98. The number of rotatable bonds is 8. The summed E-state index contributed by atoms with van der Waals surface area (Å²) in [4.78, 5) is 26.0. The highest BCUT2D eigenvalue weighted by Crippen LogP contribution is 2.31. The Labute approximate surface area is 130 Å².